The number of thiophene rings is 1. The Morgan fingerprint density at radius 3 is 2.47 bits per heavy atom. The molecule has 3 rings (SSSR count). The van der Waals surface area contributed by atoms with Crippen LogP contribution in [0.5, 0.6) is 5.88 Å². The molecular weight excluding hydrogens is 542 g/mol. The van der Waals surface area contributed by atoms with Crippen molar-refractivity contribution in [2.75, 3.05) is 13.2 Å². The largest absolute Gasteiger partial charge is 0.493 e. The molecule has 0 bridgehead atoms. The fourth-order valence-corrected chi connectivity index (χ4v) is 5.24. The number of fused-ring (bicyclic) bond motifs is 1. The van der Waals surface area contributed by atoms with E-state index in [1.807, 2.05) is 6.07 Å². The Morgan fingerprint density at radius 2 is 1.80 bits per heavy atom. The number of carbonyl (C=O) groups is 2. The summed E-state index contributed by atoms with van der Waals surface area (Å²) in [6.45, 7) is 5.39. The highest BCUT2D eigenvalue weighted by molar-refractivity contribution is 9.11. The molecule has 3 aromatic rings. The number of carbonyl (C=O) groups excluding carboxylic acids is 2. The number of ether oxygens (including phenoxy) is 2. The lowest BCUT2D eigenvalue weighted by molar-refractivity contribution is 0.0527. The van der Waals surface area contributed by atoms with E-state index < -0.39 is 11.9 Å². The summed E-state index contributed by atoms with van der Waals surface area (Å²) in [7, 11) is 0. The summed E-state index contributed by atoms with van der Waals surface area (Å²) >= 11 is 7.82. The Bertz CT molecular complexity index is 1170. The fraction of sp³-hybridized carbons (Fsp3) is 0.263. The van der Waals surface area contributed by atoms with Crippen LogP contribution in [0.25, 0.3) is 10.9 Å². The SMILES string of the molecule is CCOC(=O)c1sc(N=Nc2c(O)[nH]c3cc(Br)cc(Br)c23)c(C(=O)OCC)c1C. The molecule has 0 unspecified atom stereocenters. The van der Waals surface area contributed by atoms with Gasteiger partial charge in [0.15, 0.2) is 10.7 Å². The quantitative estimate of drug-likeness (QED) is 0.263. The second-order valence-corrected chi connectivity index (χ2v) is 8.78. The van der Waals surface area contributed by atoms with Crippen molar-refractivity contribution >= 4 is 76.7 Å². The van der Waals surface area contributed by atoms with Crippen molar-refractivity contribution in [3.8, 4) is 5.88 Å². The number of nitrogens with one attached hydrogen (secondary N) is 1. The lowest BCUT2D eigenvalue weighted by atomic mass is 10.1. The van der Waals surface area contributed by atoms with Gasteiger partial charge in [-0.05, 0) is 54.4 Å². The van der Waals surface area contributed by atoms with Crippen LogP contribution in [0, 0.1) is 6.92 Å². The lowest BCUT2D eigenvalue weighted by Gasteiger charge is -2.03. The highest BCUT2D eigenvalue weighted by Gasteiger charge is 2.27. The molecular formula is C19H17Br2N3O5S. The molecule has 8 nitrogen and oxygen atoms in total. The molecule has 0 fully saturated rings. The van der Waals surface area contributed by atoms with Gasteiger partial charge in [0.1, 0.15) is 10.4 Å². The summed E-state index contributed by atoms with van der Waals surface area (Å²) in [4.78, 5) is 27.8. The summed E-state index contributed by atoms with van der Waals surface area (Å²) in [6.07, 6.45) is 0. The predicted octanol–water partition coefficient (Wildman–Crippen LogP) is 6.54. The Kier molecular flexibility index (Phi) is 6.94. The van der Waals surface area contributed by atoms with Crippen LogP contribution in [0.1, 0.15) is 39.4 Å². The van der Waals surface area contributed by atoms with Crippen molar-refractivity contribution in [1.29, 1.82) is 0 Å². The molecule has 158 valence electrons. The van der Waals surface area contributed by atoms with E-state index in [2.05, 4.69) is 47.1 Å². The number of rotatable bonds is 6. The zero-order chi connectivity index (χ0) is 22.0. The van der Waals surface area contributed by atoms with Gasteiger partial charge in [0.25, 0.3) is 0 Å². The molecule has 0 aliphatic rings. The molecule has 2 heterocycles. The summed E-state index contributed by atoms with van der Waals surface area (Å²) in [6, 6.07) is 3.60. The van der Waals surface area contributed by atoms with Crippen LogP contribution >= 0.6 is 43.2 Å². The third-order valence-electron chi connectivity index (χ3n) is 4.08. The molecule has 0 aliphatic heterocycles. The summed E-state index contributed by atoms with van der Waals surface area (Å²) in [5.41, 5.74) is 1.40. The van der Waals surface area contributed by atoms with Crippen LogP contribution in [-0.2, 0) is 9.47 Å². The smallest absolute Gasteiger partial charge is 0.348 e. The first-order valence-electron chi connectivity index (χ1n) is 8.87. The van der Waals surface area contributed by atoms with E-state index in [4.69, 9.17) is 9.47 Å². The average molecular weight is 559 g/mol. The van der Waals surface area contributed by atoms with Gasteiger partial charge in [0, 0.05) is 14.3 Å². The minimum atomic E-state index is -0.607. The third kappa shape index (κ3) is 4.28. The van der Waals surface area contributed by atoms with Crippen molar-refractivity contribution in [2.24, 2.45) is 10.2 Å². The number of benzene rings is 1. The zero-order valence-electron chi connectivity index (χ0n) is 16.2. The lowest BCUT2D eigenvalue weighted by Crippen LogP contribution is -2.08. The number of H-pyrrole nitrogens is 1. The number of hydrogen-bond acceptors (Lipinski definition) is 8. The molecule has 30 heavy (non-hydrogen) atoms. The molecule has 0 saturated heterocycles. The fourth-order valence-electron chi connectivity index (χ4n) is 2.81. The Balaban J connectivity index is 2.12. The molecule has 1 aromatic carbocycles. The normalized spacial score (nSPS) is 11.4. The van der Waals surface area contributed by atoms with Crippen molar-refractivity contribution in [3.05, 3.63) is 37.1 Å². The number of aromatic nitrogens is 1. The molecule has 0 radical (unpaired) electrons. The minimum Gasteiger partial charge on any atom is -0.493 e. The number of aromatic hydroxyl groups is 1. The maximum Gasteiger partial charge on any atom is 0.348 e. The van der Waals surface area contributed by atoms with Crippen molar-refractivity contribution in [1.82, 2.24) is 4.98 Å². The number of nitrogens with zero attached hydrogens (tertiary/aromatic N) is 2. The Labute approximate surface area is 192 Å². The second-order valence-electron chi connectivity index (χ2n) is 6.01. The molecule has 2 N–H and O–H groups in total. The monoisotopic (exact) mass is 557 g/mol. The minimum absolute atomic E-state index is 0.148. The number of hydrogen-bond donors (Lipinski definition) is 2. The standard InChI is InChI=1S/C19H17Br2N3O5S/c1-4-28-18(26)12-8(3)15(19(27)29-5-2)30-17(12)24-23-14-13-10(21)6-9(20)7-11(13)22-16(14)25/h6-7,22,25H,4-5H2,1-3H3. The maximum atomic E-state index is 12.5. The van der Waals surface area contributed by atoms with Crippen LogP contribution in [0.2, 0.25) is 0 Å². The van der Waals surface area contributed by atoms with E-state index >= 15 is 0 Å². The number of halogens is 2. The van der Waals surface area contributed by atoms with Crippen LogP contribution in [0.15, 0.2) is 31.3 Å². The van der Waals surface area contributed by atoms with Gasteiger partial charge in [-0.3, -0.25) is 0 Å². The van der Waals surface area contributed by atoms with E-state index in [0.29, 0.717) is 20.9 Å². The van der Waals surface area contributed by atoms with Gasteiger partial charge in [0.05, 0.1) is 18.7 Å². The Hall–Kier alpha value is -2.24. The Morgan fingerprint density at radius 1 is 1.13 bits per heavy atom. The van der Waals surface area contributed by atoms with Crippen LogP contribution in [0.3, 0.4) is 0 Å². The van der Waals surface area contributed by atoms with E-state index in [1.165, 1.54) is 0 Å². The molecule has 11 heteroatoms. The number of azo groups is 1. The van der Waals surface area contributed by atoms with Crippen molar-refractivity contribution < 1.29 is 24.2 Å². The molecule has 0 atom stereocenters. The average Bonchev–Trinajstić information content (AvgIpc) is 3.16. The molecule has 0 saturated carbocycles. The van der Waals surface area contributed by atoms with Crippen LogP contribution in [-0.4, -0.2) is 35.2 Å². The molecule has 0 spiro atoms. The van der Waals surface area contributed by atoms with E-state index in [-0.39, 0.29) is 40.2 Å². The van der Waals surface area contributed by atoms with Crippen LogP contribution in [0.4, 0.5) is 10.7 Å². The van der Waals surface area contributed by atoms with Crippen molar-refractivity contribution in [3.63, 3.8) is 0 Å². The highest BCUT2D eigenvalue weighted by Crippen LogP contribution is 2.43. The predicted molar refractivity (Wildman–Crippen MR) is 121 cm³/mol. The van der Waals surface area contributed by atoms with E-state index in [0.717, 1.165) is 15.8 Å². The molecule has 0 aliphatic carbocycles. The molecule has 0 amide bonds. The van der Waals surface area contributed by atoms with E-state index in [1.54, 1.807) is 26.8 Å². The molecule has 2 aromatic heterocycles. The van der Waals surface area contributed by atoms with Crippen molar-refractivity contribution in [2.45, 2.75) is 20.8 Å². The third-order valence-corrected chi connectivity index (χ3v) is 6.32. The number of aromatic amines is 1. The van der Waals surface area contributed by atoms with Gasteiger partial charge in [0.2, 0.25) is 5.88 Å². The van der Waals surface area contributed by atoms with Gasteiger partial charge in [-0.15, -0.1) is 21.6 Å². The number of esters is 2. The van der Waals surface area contributed by atoms with Gasteiger partial charge in [-0.1, -0.05) is 15.9 Å². The second kappa shape index (κ2) is 9.27. The summed E-state index contributed by atoms with van der Waals surface area (Å²) in [5.74, 6) is -1.33. The van der Waals surface area contributed by atoms with Gasteiger partial charge >= 0.3 is 11.9 Å². The van der Waals surface area contributed by atoms with Gasteiger partial charge in [-0.25, -0.2) is 9.59 Å². The van der Waals surface area contributed by atoms with Crippen LogP contribution < -0.4 is 0 Å². The topological polar surface area (TPSA) is 113 Å². The first-order chi connectivity index (χ1) is 14.3. The van der Waals surface area contributed by atoms with Gasteiger partial charge in [-0.2, -0.15) is 0 Å². The summed E-state index contributed by atoms with van der Waals surface area (Å²) < 4.78 is 11.7. The first-order valence-corrected chi connectivity index (χ1v) is 11.3. The van der Waals surface area contributed by atoms with Gasteiger partial charge < -0.3 is 19.6 Å². The summed E-state index contributed by atoms with van der Waals surface area (Å²) in [5, 5.41) is 19.5. The highest BCUT2D eigenvalue weighted by atomic mass is 79.9. The first kappa shape index (κ1) is 22.4. The maximum absolute atomic E-state index is 12.5. The van der Waals surface area contributed by atoms with E-state index in [9.17, 15) is 14.7 Å². The zero-order valence-corrected chi connectivity index (χ0v) is 20.2.